The molecule has 0 aliphatic heterocycles. The second-order valence-corrected chi connectivity index (χ2v) is 2.28. The third-order valence-electron chi connectivity index (χ3n) is 1.13. The number of hydrogen-bond acceptors (Lipinski definition) is 3. The summed E-state index contributed by atoms with van der Waals surface area (Å²) in [6.07, 6.45) is 0. The molecule has 0 saturated carbocycles. The van der Waals surface area contributed by atoms with Crippen LogP contribution in [0.25, 0.3) is 0 Å². The van der Waals surface area contributed by atoms with Crippen molar-refractivity contribution in [3.63, 3.8) is 0 Å². The van der Waals surface area contributed by atoms with Crippen LogP contribution in [0.15, 0.2) is 0 Å². The van der Waals surface area contributed by atoms with Crippen molar-refractivity contribution in [3.8, 4) is 0 Å². The molecule has 0 radical (unpaired) electrons. The summed E-state index contributed by atoms with van der Waals surface area (Å²) in [7, 11) is 0. The van der Waals surface area contributed by atoms with Crippen molar-refractivity contribution in [1.29, 1.82) is 0 Å². The monoisotopic (exact) mass is 149 g/mol. The van der Waals surface area contributed by atoms with Gasteiger partial charge in [-0.25, -0.2) is 4.31 Å². The molecule has 0 aromatic carbocycles. The summed E-state index contributed by atoms with van der Waals surface area (Å²) < 4.78 is 1.46. The molecule has 0 bridgehead atoms. The largest absolute Gasteiger partial charge is 0.480 e. The maximum atomic E-state index is 10.2. The van der Waals surface area contributed by atoms with E-state index in [2.05, 4.69) is 12.8 Å². The zero-order valence-corrected chi connectivity index (χ0v) is 6.43. The lowest BCUT2D eigenvalue weighted by molar-refractivity contribution is -0.140. The molecule has 0 fully saturated rings. The first kappa shape index (κ1) is 8.78. The highest BCUT2D eigenvalue weighted by atomic mass is 32.1. The van der Waals surface area contributed by atoms with Gasteiger partial charge in [0.2, 0.25) is 0 Å². The summed E-state index contributed by atoms with van der Waals surface area (Å²) in [5.74, 6) is -0.841. The topological polar surface area (TPSA) is 40.5 Å². The van der Waals surface area contributed by atoms with Crippen LogP contribution in [0.2, 0.25) is 0 Å². The SMILES string of the molecule is CCN(S)C(C)C(=O)O. The van der Waals surface area contributed by atoms with Gasteiger partial charge in [0.1, 0.15) is 6.04 Å². The molecule has 54 valence electrons. The van der Waals surface area contributed by atoms with Crippen LogP contribution in [0.5, 0.6) is 0 Å². The number of likely N-dealkylation sites (N-methyl/N-ethyl adjacent to an activating group) is 1. The molecule has 0 saturated heterocycles. The van der Waals surface area contributed by atoms with Crippen LogP contribution in [-0.4, -0.2) is 28.0 Å². The van der Waals surface area contributed by atoms with E-state index in [1.807, 2.05) is 6.92 Å². The number of nitrogens with zero attached hydrogens (tertiary/aromatic N) is 1. The Balaban J connectivity index is 3.72. The van der Waals surface area contributed by atoms with Gasteiger partial charge in [0, 0.05) is 6.54 Å². The molecular weight excluding hydrogens is 138 g/mol. The van der Waals surface area contributed by atoms with Gasteiger partial charge in [0.15, 0.2) is 0 Å². The minimum atomic E-state index is -0.841. The highest BCUT2D eigenvalue weighted by Gasteiger charge is 2.14. The van der Waals surface area contributed by atoms with Crippen LogP contribution in [0, 0.1) is 0 Å². The fraction of sp³-hybridized carbons (Fsp3) is 0.800. The highest BCUT2D eigenvalue weighted by molar-refractivity contribution is 7.77. The van der Waals surface area contributed by atoms with Crippen molar-refractivity contribution in [2.75, 3.05) is 6.54 Å². The minimum absolute atomic E-state index is 0.502. The lowest BCUT2D eigenvalue weighted by atomic mass is 10.3. The number of thiol groups is 1. The van der Waals surface area contributed by atoms with E-state index in [0.717, 1.165) is 0 Å². The van der Waals surface area contributed by atoms with E-state index >= 15 is 0 Å². The summed E-state index contributed by atoms with van der Waals surface area (Å²) >= 11 is 3.92. The number of carboxylic acids is 1. The molecule has 3 nitrogen and oxygen atoms in total. The predicted octanol–water partition coefficient (Wildman–Crippen LogP) is 0.626. The van der Waals surface area contributed by atoms with Crippen LogP contribution < -0.4 is 0 Å². The molecule has 0 rings (SSSR count). The van der Waals surface area contributed by atoms with E-state index in [-0.39, 0.29) is 0 Å². The van der Waals surface area contributed by atoms with Gasteiger partial charge in [0.05, 0.1) is 0 Å². The average molecular weight is 149 g/mol. The average Bonchev–Trinajstić information content (AvgIpc) is 1.84. The number of hydrogen-bond donors (Lipinski definition) is 2. The Morgan fingerprint density at radius 3 is 2.44 bits per heavy atom. The number of carboxylic acid groups (broad SMARTS) is 1. The molecule has 9 heavy (non-hydrogen) atoms. The van der Waals surface area contributed by atoms with Crippen molar-refractivity contribution in [3.05, 3.63) is 0 Å². The van der Waals surface area contributed by atoms with Gasteiger partial charge in [-0.15, -0.1) is 0 Å². The lowest BCUT2D eigenvalue weighted by Crippen LogP contribution is -2.31. The molecule has 0 spiro atoms. The van der Waals surface area contributed by atoms with Crippen LogP contribution in [0.1, 0.15) is 13.8 Å². The summed E-state index contributed by atoms with van der Waals surface area (Å²) in [6.45, 7) is 4.09. The maximum Gasteiger partial charge on any atom is 0.321 e. The van der Waals surface area contributed by atoms with Gasteiger partial charge in [-0.3, -0.25) is 4.79 Å². The molecular formula is C5H11NO2S. The summed E-state index contributed by atoms with van der Waals surface area (Å²) in [4.78, 5) is 10.2. The van der Waals surface area contributed by atoms with Crippen molar-refractivity contribution in [2.45, 2.75) is 19.9 Å². The standard InChI is InChI=1S/C5H11NO2S/c1-3-6(9)4(2)5(7)8/h4,9H,3H2,1-2H3,(H,7,8). The maximum absolute atomic E-state index is 10.2. The van der Waals surface area contributed by atoms with Gasteiger partial charge in [0.25, 0.3) is 0 Å². The van der Waals surface area contributed by atoms with Gasteiger partial charge in [-0.2, -0.15) is 0 Å². The fourth-order valence-corrected chi connectivity index (χ4v) is 0.500. The molecule has 1 atom stereocenters. The van der Waals surface area contributed by atoms with Crippen LogP contribution in [-0.2, 0) is 4.79 Å². The third-order valence-corrected chi connectivity index (χ3v) is 1.76. The molecule has 0 aromatic heterocycles. The molecule has 0 aromatic rings. The van der Waals surface area contributed by atoms with Gasteiger partial charge < -0.3 is 5.11 Å². The van der Waals surface area contributed by atoms with Crippen LogP contribution in [0.4, 0.5) is 0 Å². The first-order chi connectivity index (χ1) is 4.09. The first-order valence-electron chi connectivity index (χ1n) is 2.78. The van der Waals surface area contributed by atoms with E-state index < -0.39 is 12.0 Å². The van der Waals surface area contributed by atoms with Crippen molar-refractivity contribution in [1.82, 2.24) is 4.31 Å². The summed E-state index contributed by atoms with van der Waals surface area (Å²) in [6, 6.07) is -0.502. The normalized spacial score (nSPS) is 13.8. The minimum Gasteiger partial charge on any atom is -0.480 e. The molecule has 0 heterocycles. The van der Waals surface area contributed by atoms with E-state index in [1.54, 1.807) is 6.92 Å². The zero-order chi connectivity index (χ0) is 7.44. The van der Waals surface area contributed by atoms with Crippen molar-refractivity contribution in [2.24, 2.45) is 0 Å². The van der Waals surface area contributed by atoms with Gasteiger partial charge >= 0.3 is 5.97 Å². The number of rotatable bonds is 3. The van der Waals surface area contributed by atoms with E-state index in [0.29, 0.717) is 6.54 Å². The Hall–Kier alpha value is -0.220. The molecule has 0 aliphatic carbocycles. The number of carbonyl (C=O) groups is 1. The van der Waals surface area contributed by atoms with E-state index in [1.165, 1.54) is 4.31 Å². The molecule has 0 amide bonds. The third kappa shape index (κ3) is 2.72. The lowest BCUT2D eigenvalue weighted by Gasteiger charge is -2.16. The smallest absolute Gasteiger partial charge is 0.321 e. The second-order valence-electron chi connectivity index (χ2n) is 1.77. The van der Waals surface area contributed by atoms with Crippen molar-refractivity contribution < 1.29 is 9.90 Å². The first-order valence-corrected chi connectivity index (χ1v) is 3.18. The molecule has 0 aliphatic rings. The Kier molecular flexibility index (Phi) is 3.65. The molecule has 1 unspecified atom stereocenters. The Morgan fingerprint density at radius 2 is 2.33 bits per heavy atom. The summed E-state index contributed by atoms with van der Waals surface area (Å²) in [5, 5.41) is 8.39. The summed E-state index contributed by atoms with van der Waals surface area (Å²) in [5.41, 5.74) is 0. The second kappa shape index (κ2) is 3.74. The Labute approximate surface area is 60.2 Å². The van der Waals surface area contributed by atoms with Gasteiger partial charge in [-0.1, -0.05) is 19.7 Å². The quantitative estimate of drug-likeness (QED) is 0.578. The predicted molar refractivity (Wildman–Crippen MR) is 38.5 cm³/mol. The van der Waals surface area contributed by atoms with E-state index in [4.69, 9.17) is 5.11 Å². The molecule has 4 heteroatoms. The molecule has 1 N–H and O–H groups in total. The van der Waals surface area contributed by atoms with E-state index in [9.17, 15) is 4.79 Å². The van der Waals surface area contributed by atoms with Crippen LogP contribution in [0.3, 0.4) is 0 Å². The highest BCUT2D eigenvalue weighted by Crippen LogP contribution is 2.00. The number of aliphatic carboxylic acids is 1. The Bertz CT molecular complexity index is 107. The fourth-order valence-electron chi connectivity index (χ4n) is 0.401. The van der Waals surface area contributed by atoms with Gasteiger partial charge in [-0.05, 0) is 6.92 Å². The Morgan fingerprint density at radius 1 is 1.89 bits per heavy atom. The zero-order valence-electron chi connectivity index (χ0n) is 5.53. The van der Waals surface area contributed by atoms with Crippen LogP contribution >= 0.6 is 12.8 Å². The van der Waals surface area contributed by atoms with Crippen molar-refractivity contribution >= 4 is 18.8 Å².